The van der Waals surface area contributed by atoms with E-state index in [2.05, 4.69) is 20.4 Å². The van der Waals surface area contributed by atoms with Gasteiger partial charge in [-0.2, -0.15) is 0 Å². The standard InChI is InChI=1S/C23H20N6O5S3.Na/c24-23-26-14(9-37-23)16(28-34)19(30)27-17-20(31)29-18(22(32)33)15(10-36-21(17)29)35-8-7-12-6-5-11-3-1-2-4-13(11)25-12;/h1-6,9,17,21,34H,7-8,10H2,(H2,24,26)(H,27,30)(H,32,33);/q;+1/p-1/b28-16-;/t17-,21-;/m1./s1. The number of carbonyl (C=O) groups is 3. The number of nitrogens with one attached hydrogen (secondary N) is 1. The summed E-state index contributed by atoms with van der Waals surface area (Å²) in [5.74, 6) is -1.96. The summed E-state index contributed by atoms with van der Waals surface area (Å²) in [5.41, 5.74) is 6.83. The van der Waals surface area contributed by atoms with Crippen molar-refractivity contribution in [3.8, 4) is 0 Å². The van der Waals surface area contributed by atoms with Crippen LogP contribution in [0.2, 0.25) is 0 Å². The summed E-state index contributed by atoms with van der Waals surface area (Å²) >= 11 is 3.74. The first-order valence-corrected chi connectivity index (χ1v) is 13.9. The number of hydrogen-bond donors (Lipinski definition) is 3. The molecule has 2 amide bonds. The minimum absolute atomic E-state index is 0. The molecule has 0 radical (unpaired) electrons. The van der Waals surface area contributed by atoms with E-state index >= 15 is 0 Å². The Balaban J connectivity index is 0.00000336. The largest absolute Gasteiger partial charge is 1.00 e. The fourth-order valence-corrected chi connectivity index (χ4v) is 7.19. The van der Waals surface area contributed by atoms with Crippen LogP contribution in [0.3, 0.4) is 0 Å². The predicted octanol–water partition coefficient (Wildman–Crippen LogP) is -2.21. The van der Waals surface area contributed by atoms with Crippen LogP contribution in [0, 0.1) is 0 Å². The molecule has 3 aromatic rings. The molecule has 38 heavy (non-hydrogen) atoms. The zero-order valence-electron chi connectivity index (χ0n) is 20.0. The molecular weight excluding hydrogens is 559 g/mol. The fourth-order valence-electron chi connectivity index (χ4n) is 4.04. The number of carboxylic acid groups (broad SMARTS) is 1. The summed E-state index contributed by atoms with van der Waals surface area (Å²) in [4.78, 5) is 47.7. The molecule has 2 aromatic heterocycles. The molecule has 0 aliphatic carbocycles. The molecule has 1 saturated heterocycles. The molecule has 0 bridgehead atoms. The molecule has 2 aliphatic rings. The van der Waals surface area contributed by atoms with Gasteiger partial charge < -0.3 is 26.2 Å². The number of aliphatic carboxylic acids is 1. The third-order valence-electron chi connectivity index (χ3n) is 5.78. The number of oxime groups is 1. The Labute approximate surface area is 251 Å². The molecular formula is C23H19N6NaO5S3. The first-order chi connectivity index (χ1) is 17.9. The van der Waals surface area contributed by atoms with Crippen molar-refractivity contribution in [2.45, 2.75) is 17.8 Å². The molecule has 1 fully saturated rings. The Kier molecular flexibility index (Phi) is 9.00. The zero-order chi connectivity index (χ0) is 26.1. The first-order valence-electron chi connectivity index (χ1n) is 11.0. The smallest absolute Gasteiger partial charge is 0.543 e. The van der Waals surface area contributed by atoms with Crippen LogP contribution in [0.5, 0.6) is 0 Å². The van der Waals surface area contributed by atoms with Crippen LogP contribution < -0.4 is 45.7 Å². The quantitative estimate of drug-likeness (QED) is 0.0875. The molecule has 0 spiro atoms. The molecule has 11 nitrogen and oxygen atoms in total. The number of nitrogens with two attached hydrogens (primary N) is 1. The summed E-state index contributed by atoms with van der Waals surface area (Å²) in [6.07, 6.45) is 0.616. The maximum Gasteiger partial charge on any atom is 1.00 e. The summed E-state index contributed by atoms with van der Waals surface area (Å²) in [5, 5.41) is 28.8. The number of fused-ring (bicyclic) bond motifs is 2. The average Bonchev–Trinajstić information content (AvgIpc) is 3.32. The summed E-state index contributed by atoms with van der Waals surface area (Å²) < 4.78 is 0. The number of pyridine rings is 1. The third-order valence-corrected chi connectivity index (χ3v) is 9.01. The first kappa shape index (κ1) is 28.4. The molecule has 0 saturated carbocycles. The van der Waals surface area contributed by atoms with Gasteiger partial charge in [0.2, 0.25) is 0 Å². The second kappa shape index (κ2) is 12.1. The average molecular weight is 579 g/mol. The van der Waals surface area contributed by atoms with Crippen LogP contribution in [0.1, 0.15) is 11.4 Å². The van der Waals surface area contributed by atoms with Crippen LogP contribution in [0.4, 0.5) is 5.13 Å². The number of benzene rings is 1. The zero-order valence-corrected chi connectivity index (χ0v) is 24.4. The molecule has 2 aliphatic heterocycles. The van der Waals surface area contributed by atoms with Crippen molar-refractivity contribution >= 4 is 74.4 Å². The van der Waals surface area contributed by atoms with Gasteiger partial charge in [0, 0.05) is 32.9 Å². The fraction of sp³-hybridized carbons (Fsp3) is 0.217. The minimum atomic E-state index is -1.45. The number of carboxylic acids is 1. The Morgan fingerprint density at radius 3 is 2.76 bits per heavy atom. The number of nitrogens with zero attached hydrogens (tertiary/aromatic N) is 4. The number of anilines is 1. The summed E-state index contributed by atoms with van der Waals surface area (Å²) in [6.45, 7) is 0. The number of para-hydroxylation sites is 1. The Hall–Kier alpha value is -2.62. The second-order valence-electron chi connectivity index (χ2n) is 8.03. The summed E-state index contributed by atoms with van der Waals surface area (Å²) in [6, 6.07) is 10.7. The van der Waals surface area contributed by atoms with Gasteiger partial charge in [0.05, 0.1) is 17.2 Å². The number of aryl methyl sites for hydroxylation is 1. The normalized spacial score (nSPS) is 19.0. The van der Waals surface area contributed by atoms with Crippen molar-refractivity contribution in [1.82, 2.24) is 20.2 Å². The Morgan fingerprint density at radius 2 is 2.05 bits per heavy atom. The maximum absolute atomic E-state index is 12.9. The molecule has 1 aromatic carbocycles. The van der Waals surface area contributed by atoms with Crippen molar-refractivity contribution < 1.29 is 54.3 Å². The van der Waals surface area contributed by atoms with Gasteiger partial charge in [-0.1, -0.05) is 29.4 Å². The Morgan fingerprint density at radius 1 is 1.26 bits per heavy atom. The van der Waals surface area contributed by atoms with Gasteiger partial charge in [0.1, 0.15) is 17.1 Å². The van der Waals surface area contributed by atoms with Crippen molar-refractivity contribution in [3.05, 3.63) is 63.8 Å². The van der Waals surface area contributed by atoms with Crippen LogP contribution >= 0.6 is 34.9 Å². The van der Waals surface area contributed by atoms with Crippen LogP contribution in [-0.2, 0) is 20.8 Å². The SMILES string of the molecule is Nc1nc(/C(=N/O)C(=O)N[C@@H]2C(=O)N3C(C(=O)[O-])=C(SCCc4ccc5ccccc5n4)CS[C@H]23)cs1.[Na+]. The van der Waals surface area contributed by atoms with Gasteiger partial charge in [0.15, 0.2) is 10.8 Å². The molecule has 190 valence electrons. The number of rotatable bonds is 8. The van der Waals surface area contributed by atoms with Crippen LogP contribution in [0.25, 0.3) is 10.9 Å². The van der Waals surface area contributed by atoms with E-state index in [9.17, 15) is 24.7 Å². The molecule has 5 rings (SSSR count). The second-order valence-corrected chi connectivity index (χ2v) is 11.2. The molecule has 4 N–H and O–H groups in total. The van der Waals surface area contributed by atoms with E-state index in [1.54, 1.807) is 0 Å². The van der Waals surface area contributed by atoms with E-state index in [1.807, 2.05) is 36.4 Å². The predicted molar refractivity (Wildman–Crippen MR) is 140 cm³/mol. The number of hydrogen-bond acceptors (Lipinski definition) is 12. The molecule has 2 atom stereocenters. The van der Waals surface area contributed by atoms with Crippen LogP contribution in [-0.4, -0.2) is 66.5 Å². The minimum Gasteiger partial charge on any atom is -0.543 e. The third kappa shape index (κ3) is 5.55. The number of aromatic nitrogens is 2. The van der Waals surface area contributed by atoms with E-state index in [4.69, 9.17) is 5.73 Å². The Bertz CT molecular complexity index is 1480. The van der Waals surface area contributed by atoms with Crippen molar-refractivity contribution in [3.63, 3.8) is 0 Å². The van der Waals surface area contributed by atoms with Crippen molar-refractivity contribution in [2.24, 2.45) is 5.16 Å². The number of thiazole rings is 1. The number of thioether (sulfide) groups is 2. The van der Waals surface area contributed by atoms with E-state index in [0.29, 0.717) is 22.8 Å². The van der Waals surface area contributed by atoms with Gasteiger partial charge in [-0.3, -0.25) is 19.5 Å². The summed E-state index contributed by atoms with van der Waals surface area (Å²) in [7, 11) is 0. The van der Waals surface area contributed by atoms with Crippen molar-refractivity contribution in [1.29, 1.82) is 0 Å². The van der Waals surface area contributed by atoms with Gasteiger partial charge in [-0.05, 0) is 18.6 Å². The monoisotopic (exact) mass is 578 g/mol. The van der Waals surface area contributed by atoms with Crippen molar-refractivity contribution in [2.75, 3.05) is 17.2 Å². The molecule has 0 unspecified atom stereocenters. The van der Waals surface area contributed by atoms with Gasteiger partial charge in [-0.25, -0.2) is 4.98 Å². The maximum atomic E-state index is 12.9. The van der Waals surface area contributed by atoms with E-state index in [-0.39, 0.29) is 46.1 Å². The number of carbonyl (C=O) groups excluding carboxylic acids is 3. The van der Waals surface area contributed by atoms with Gasteiger partial charge in [-0.15, -0.1) is 34.9 Å². The van der Waals surface area contributed by atoms with Gasteiger partial charge >= 0.3 is 29.6 Å². The van der Waals surface area contributed by atoms with Gasteiger partial charge in [0.25, 0.3) is 11.8 Å². The molecule has 4 heterocycles. The van der Waals surface area contributed by atoms with E-state index < -0.39 is 34.9 Å². The molecule has 15 heteroatoms. The van der Waals surface area contributed by atoms with E-state index in [1.165, 1.54) is 28.9 Å². The number of β-lactam (4-membered cyclic amide) rings is 1. The van der Waals surface area contributed by atoms with E-state index in [0.717, 1.165) is 32.8 Å². The number of nitrogen functional groups attached to an aromatic ring is 1. The van der Waals surface area contributed by atoms with Crippen LogP contribution in [0.15, 0.2) is 57.5 Å². The number of amides is 2. The topological polar surface area (TPSA) is 174 Å².